The third kappa shape index (κ3) is 2.11. The third-order valence-corrected chi connectivity index (χ3v) is 4.23. The maximum atomic E-state index is 9.78. The molecule has 1 N–H and O–H groups in total. The molecule has 0 aliphatic heterocycles. The van der Waals surface area contributed by atoms with E-state index in [-0.39, 0.29) is 12.0 Å². The Balaban J connectivity index is 2.14. The van der Waals surface area contributed by atoms with Gasteiger partial charge in [0, 0.05) is 11.3 Å². The number of thiazole rings is 1. The molecule has 1 aliphatic carbocycles. The Morgan fingerprint density at radius 2 is 2.23 bits per heavy atom. The van der Waals surface area contributed by atoms with E-state index in [9.17, 15) is 5.11 Å². The first-order valence-corrected chi connectivity index (χ1v) is 6.23. The maximum absolute atomic E-state index is 9.78. The van der Waals surface area contributed by atoms with Crippen molar-refractivity contribution in [1.82, 2.24) is 4.98 Å². The monoisotopic (exact) mass is 261 g/mol. The Bertz CT molecular complexity index is 289. The summed E-state index contributed by atoms with van der Waals surface area (Å²) in [4.78, 5) is 4.36. The van der Waals surface area contributed by atoms with Gasteiger partial charge in [0.1, 0.15) is 4.60 Å². The fourth-order valence-corrected chi connectivity index (χ4v) is 3.30. The molecule has 13 heavy (non-hydrogen) atoms. The van der Waals surface area contributed by atoms with Crippen LogP contribution in [0.1, 0.15) is 36.6 Å². The van der Waals surface area contributed by atoms with E-state index in [1.54, 1.807) is 11.3 Å². The highest BCUT2D eigenvalue weighted by molar-refractivity contribution is 9.10. The summed E-state index contributed by atoms with van der Waals surface area (Å²) in [6.07, 6.45) is 4.22. The van der Waals surface area contributed by atoms with Crippen molar-refractivity contribution in [2.75, 3.05) is 0 Å². The molecule has 1 saturated carbocycles. The summed E-state index contributed by atoms with van der Waals surface area (Å²) in [7, 11) is 0. The van der Waals surface area contributed by atoms with Crippen LogP contribution >= 0.6 is 27.3 Å². The first-order valence-electron chi connectivity index (χ1n) is 4.56. The van der Waals surface area contributed by atoms with Gasteiger partial charge in [0.2, 0.25) is 0 Å². The number of hydrogen-bond donors (Lipinski definition) is 1. The minimum Gasteiger partial charge on any atom is -0.392 e. The highest BCUT2D eigenvalue weighted by Crippen LogP contribution is 2.35. The molecule has 2 nitrogen and oxygen atoms in total. The molecule has 4 heteroatoms. The average molecular weight is 262 g/mol. The average Bonchev–Trinajstić information content (AvgIpc) is 2.53. The first-order chi connectivity index (χ1) is 6.27. The predicted molar refractivity (Wildman–Crippen MR) is 57.0 cm³/mol. The Labute approximate surface area is 90.1 Å². The van der Waals surface area contributed by atoms with Crippen LogP contribution < -0.4 is 0 Å². The second-order valence-corrected chi connectivity index (χ2v) is 5.17. The number of aliphatic hydroxyl groups is 1. The summed E-state index contributed by atoms with van der Waals surface area (Å²) < 4.78 is 0.894. The normalized spacial score (nSPS) is 29.1. The largest absolute Gasteiger partial charge is 0.392 e. The van der Waals surface area contributed by atoms with Crippen molar-refractivity contribution in [3.63, 3.8) is 0 Å². The fraction of sp³-hybridized carbons (Fsp3) is 0.667. The second-order valence-electron chi connectivity index (χ2n) is 3.47. The molecule has 1 heterocycles. The van der Waals surface area contributed by atoms with Gasteiger partial charge in [0.25, 0.3) is 0 Å². The third-order valence-electron chi connectivity index (χ3n) is 2.54. The predicted octanol–water partition coefficient (Wildman–Crippen LogP) is 2.92. The van der Waals surface area contributed by atoms with Crippen LogP contribution in [0.3, 0.4) is 0 Å². The zero-order valence-corrected chi connectivity index (χ0v) is 9.64. The summed E-state index contributed by atoms with van der Waals surface area (Å²) in [6, 6.07) is 0. The quantitative estimate of drug-likeness (QED) is 0.844. The lowest BCUT2D eigenvalue weighted by Gasteiger charge is -2.25. The Morgan fingerprint density at radius 3 is 2.85 bits per heavy atom. The molecule has 2 rings (SSSR count). The molecule has 2 unspecified atom stereocenters. The van der Waals surface area contributed by atoms with Crippen LogP contribution in [0.2, 0.25) is 0 Å². The van der Waals surface area contributed by atoms with Gasteiger partial charge in [-0.25, -0.2) is 4.98 Å². The van der Waals surface area contributed by atoms with E-state index in [2.05, 4.69) is 20.9 Å². The van der Waals surface area contributed by atoms with Crippen LogP contribution in [0.4, 0.5) is 0 Å². The zero-order valence-electron chi connectivity index (χ0n) is 7.24. The Morgan fingerprint density at radius 1 is 1.46 bits per heavy atom. The van der Waals surface area contributed by atoms with E-state index in [1.807, 2.05) is 5.38 Å². The number of aliphatic hydroxyl groups excluding tert-OH is 1. The number of rotatable bonds is 1. The molecule has 72 valence electrons. The zero-order chi connectivity index (χ0) is 9.26. The van der Waals surface area contributed by atoms with E-state index < -0.39 is 0 Å². The summed E-state index contributed by atoms with van der Waals surface area (Å²) in [5.74, 6) is 0.282. The summed E-state index contributed by atoms with van der Waals surface area (Å²) in [5.41, 5.74) is 0. The smallest absolute Gasteiger partial charge is 0.117 e. The van der Waals surface area contributed by atoms with Crippen molar-refractivity contribution in [2.24, 2.45) is 0 Å². The molecule has 0 saturated heterocycles. The summed E-state index contributed by atoms with van der Waals surface area (Å²) in [6.45, 7) is 0. The first kappa shape index (κ1) is 9.62. The molecule has 0 amide bonds. The Kier molecular flexibility index (Phi) is 3.01. The van der Waals surface area contributed by atoms with Crippen LogP contribution in [0.5, 0.6) is 0 Å². The van der Waals surface area contributed by atoms with E-state index in [1.165, 1.54) is 6.42 Å². The minimum atomic E-state index is -0.174. The van der Waals surface area contributed by atoms with Crippen LogP contribution in [-0.4, -0.2) is 16.2 Å². The highest BCUT2D eigenvalue weighted by Gasteiger charge is 2.26. The molecule has 0 spiro atoms. The van der Waals surface area contributed by atoms with Gasteiger partial charge in [-0.05, 0) is 28.8 Å². The van der Waals surface area contributed by atoms with Crippen molar-refractivity contribution < 1.29 is 5.11 Å². The topological polar surface area (TPSA) is 33.1 Å². The Hall–Kier alpha value is 0.0700. The molecule has 1 aromatic heterocycles. The lowest BCUT2D eigenvalue weighted by Crippen LogP contribution is -2.22. The molecule has 1 fully saturated rings. The molecule has 0 bridgehead atoms. The van der Waals surface area contributed by atoms with Gasteiger partial charge in [-0.1, -0.05) is 12.8 Å². The molecule has 1 aromatic rings. The molecule has 1 aliphatic rings. The van der Waals surface area contributed by atoms with Gasteiger partial charge in [0.05, 0.1) is 11.1 Å². The number of nitrogens with zero attached hydrogens (tertiary/aromatic N) is 1. The molecule has 2 atom stereocenters. The summed E-state index contributed by atoms with van der Waals surface area (Å²) in [5, 5.41) is 12.8. The number of halogens is 1. The molecule has 0 aromatic carbocycles. The van der Waals surface area contributed by atoms with Crippen LogP contribution in [0, 0.1) is 0 Å². The second kappa shape index (κ2) is 4.07. The number of aromatic nitrogens is 1. The van der Waals surface area contributed by atoms with Crippen molar-refractivity contribution in [3.05, 3.63) is 15.0 Å². The van der Waals surface area contributed by atoms with Gasteiger partial charge in [0.15, 0.2) is 0 Å². The van der Waals surface area contributed by atoms with Crippen molar-refractivity contribution in [3.8, 4) is 0 Å². The van der Waals surface area contributed by atoms with Gasteiger partial charge >= 0.3 is 0 Å². The molecular weight excluding hydrogens is 250 g/mol. The van der Waals surface area contributed by atoms with Crippen molar-refractivity contribution in [1.29, 1.82) is 0 Å². The minimum absolute atomic E-state index is 0.174. The standard InChI is InChI=1S/C9H12BrNOS/c10-8-5-13-9(11-8)6-3-1-2-4-7(6)12/h5-7,12H,1-4H2. The van der Waals surface area contributed by atoms with Gasteiger partial charge in [-0.2, -0.15) is 0 Å². The van der Waals surface area contributed by atoms with Gasteiger partial charge < -0.3 is 5.11 Å². The van der Waals surface area contributed by atoms with Gasteiger partial charge in [-0.3, -0.25) is 0 Å². The van der Waals surface area contributed by atoms with Crippen molar-refractivity contribution >= 4 is 27.3 Å². The summed E-state index contributed by atoms with van der Waals surface area (Å²) >= 11 is 4.98. The molecule has 0 radical (unpaired) electrons. The lowest BCUT2D eigenvalue weighted by atomic mass is 9.87. The molecular formula is C9H12BrNOS. The maximum Gasteiger partial charge on any atom is 0.117 e. The van der Waals surface area contributed by atoms with E-state index >= 15 is 0 Å². The highest BCUT2D eigenvalue weighted by atomic mass is 79.9. The van der Waals surface area contributed by atoms with Crippen LogP contribution in [-0.2, 0) is 0 Å². The van der Waals surface area contributed by atoms with E-state index in [4.69, 9.17) is 0 Å². The van der Waals surface area contributed by atoms with Crippen LogP contribution in [0.15, 0.2) is 9.98 Å². The van der Waals surface area contributed by atoms with Gasteiger partial charge in [-0.15, -0.1) is 11.3 Å². The van der Waals surface area contributed by atoms with E-state index in [0.29, 0.717) is 0 Å². The fourth-order valence-electron chi connectivity index (χ4n) is 1.84. The van der Waals surface area contributed by atoms with Crippen LogP contribution in [0.25, 0.3) is 0 Å². The number of hydrogen-bond acceptors (Lipinski definition) is 3. The van der Waals surface area contributed by atoms with Crippen molar-refractivity contribution in [2.45, 2.75) is 37.7 Å². The van der Waals surface area contributed by atoms with E-state index in [0.717, 1.165) is 28.9 Å². The SMILES string of the molecule is OC1CCCCC1c1nc(Br)cs1. The lowest BCUT2D eigenvalue weighted by molar-refractivity contribution is 0.106.